The number of carbonyl (C=O) groups is 1. The van der Waals surface area contributed by atoms with Crippen LogP contribution < -0.4 is 5.32 Å². The van der Waals surface area contributed by atoms with E-state index in [1.165, 1.54) is 81.9 Å². The molecule has 5 fully saturated rings. The zero-order chi connectivity index (χ0) is 30.5. The minimum absolute atomic E-state index is 0.239. The molecule has 5 heteroatoms. The number of hydrogen-bond acceptors (Lipinski definition) is 4. The molecule has 0 aromatic carbocycles. The van der Waals surface area contributed by atoms with Crippen LogP contribution in [-0.4, -0.2) is 60.9 Å². The summed E-state index contributed by atoms with van der Waals surface area (Å²) in [5, 5.41) is 13.7. The molecule has 5 aliphatic carbocycles. The highest BCUT2D eigenvalue weighted by Gasteiger charge is 2.68. The number of nitrogens with one attached hydrogen (secondary N) is 1. The molecule has 242 valence electrons. The van der Waals surface area contributed by atoms with Gasteiger partial charge in [-0.2, -0.15) is 0 Å². The van der Waals surface area contributed by atoms with Crippen LogP contribution in [0.15, 0.2) is 23.3 Å². The molecule has 43 heavy (non-hydrogen) atoms. The van der Waals surface area contributed by atoms with Gasteiger partial charge in [0, 0.05) is 38.1 Å². The topological polar surface area (TPSA) is 61.8 Å². The summed E-state index contributed by atoms with van der Waals surface area (Å²) in [6.07, 6.45) is 20.4. The highest BCUT2D eigenvalue weighted by Crippen LogP contribution is 2.75. The van der Waals surface area contributed by atoms with E-state index in [-0.39, 0.29) is 6.42 Å². The van der Waals surface area contributed by atoms with E-state index in [0.29, 0.717) is 40.0 Å². The van der Waals surface area contributed by atoms with E-state index in [0.717, 1.165) is 57.0 Å². The van der Waals surface area contributed by atoms with Gasteiger partial charge in [-0.3, -0.25) is 9.69 Å². The molecule has 9 atom stereocenters. The summed E-state index contributed by atoms with van der Waals surface area (Å²) in [5.41, 5.74) is 4.33. The Kier molecular flexibility index (Phi) is 9.03. The Morgan fingerprint density at radius 3 is 2.53 bits per heavy atom. The van der Waals surface area contributed by atoms with Crippen LogP contribution in [0.2, 0.25) is 0 Å². The molecule has 1 heterocycles. The molecule has 0 spiro atoms. The van der Waals surface area contributed by atoms with Crippen LogP contribution in [0.5, 0.6) is 0 Å². The summed E-state index contributed by atoms with van der Waals surface area (Å²) in [5.74, 6) is 3.01. The molecule has 2 N–H and O–H groups in total. The number of aliphatic carboxylic acids is 1. The largest absolute Gasteiger partial charge is 0.481 e. The molecular formula is C38H62N2O3. The van der Waals surface area contributed by atoms with Crippen LogP contribution in [0.4, 0.5) is 0 Å². The lowest BCUT2D eigenvalue weighted by Crippen LogP contribution is -2.67. The van der Waals surface area contributed by atoms with E-state index in [1.54, 1.807) is 0 Å². The number of carboxylic acids is 1. The van der Waals surface area contributed by atoms with Gasteiger partial charge in [0.05, 0.1) is 13.2 Å². The van der Waals surface area contributed by atoms with Crippen molar-refractivity contribution in [3.8, 4) is 0 Å². The molecule has 6 aliphatic rings. The SMILES string of the molecule is CC/C=C(\CCC(=O)O)C1=CCC2(C)C(CCC3(C)C2CCC2[C@H]4CCCC4(NCCN4CCOCC4)CC[C@]23C)C1C. The highest BCUT2D eigenvalue weighted by atomic mass is 16.5. The first-order valence-corrected chi connectivity index (χ1v) is 18.2. The Bertz CT molecular complexity index is 1090. The zero-order valence-electron chi connectivity index (χ0n) is 28.2. The lowest BCUT2D eigenvalue weighted by atomic mass is 9.34. The van der Waals surface area contributed by atoms with Crippen molar-refractivity contribution in [1.29, 1.82) is 0 Å². The number of fused-ring (bicyclic) bond motifs is 7. The fraction of sp³-hybridized carbons (Fsp3) is 0.868. The van der Waals surface area contributed by atoms with Crippen molar-refractivity contribution in [3.05, 3.63) is 23.3 Å². The second kappa shape index (κ2) is 12.2. The first-order valence-electron chi connectivity index (χ1n) is 18.2. The third kappa shape index (κ3) is 5.29. The lowest BCUT2D eigenvalue weighted by molar-refractivity contribution is -0.212. The fourth-order valence-electron chi connectivity index (χ4n) is 12.7. The smallest absolute Gasteiger partial charge is 0.303 e. The van der Waals surface area contributed by atoms with Gasteiger partial charge in [-0.15, -0.1) is 0 Å². The predicted octanol–water partition coefficient (Wildman–Crippen LogP) is 7.86. The van der Waals surface area contributed by atoms with E-state index in [1.807, 2.05) is 0 Å². The summed E-state index contributed by atoms with van der Waals surface area (Å²) in [6.45, 7) is 19.1. The molecule has 1 saturated heterocycles. The molecule has 6 rings (SSSR count). The molecule has 7 unspecified atom stereocenters. The summed E-state index contributed by atoms with van der Waals surface area (Å²) >= 11 is 0. The molecule has 0 radical (unpaired) electrons. The quantitative estimate of drug-likeness (QED) is 0.285. The normalized spacial score (nSPS) is 45.0. The Morgan fingerprint density at radius 2 is 1.79 bits per heavy atom. The highest BCUT2D eigenvalue weighted by molar-refractivity contribution is 5.67. The van der Waals surface area contributed by atoms with Gasteiger partial charge in [0.2, 0.25) is 0 Å². The number of hydrogen-bond donors (Lipinski definition) is 2. The number of rotatable bonds is 9. The van der Waals surface area contributed by atoms with Crippen molar-refractivity contribution in [2.75, 3.05) is 39.4 Å². The maximum Gasteiger partial charge on any atom is 0.303 e. The second-order valence-electron chi connectivity index (χ2n) is 16.4. The molecule has 0 bridgehead atoms. The van der Waals surface area contributed by atoms with Gasteiger partial charge in [-0.05, 0) is 128 Å². The predicted molar refractivity (Wildman–Crippen MR) is 175 cm³/mol. The van der Waals surface area contributed by atoms with Crippen LogP contribution in [0.1, 0.15) is 118 Å². The van der Waals surface area contributed by atoms with Gasteiger partial charge >= 0.3 is 5.97 Å². The Morgan fingerprint density at radius 1 is 1.00 bits per heavy atom. The summed E-state index contributed by atoms with van der Waals surface area (Å²) < 4.78 is 5.59. The monoisotopic (exact) mass is 594 g/mol. The van der Waals surface area contributed by atoms with Crippen molar-refractivity contribution in [2.24, 2.45) is 45.8 Å². The molecule has 4 saturated carbocycles. The first kappa shape index (κ1) is 31.8. The number of nitrogens with zero attached hydrogens (tertiary/aromatic N) is 1. The van der Waals surface area contributed by atoms with Crippen molar-refractivity contribution in [2.45, 2.75) is 124 Å². The van der Waals surface area contributed by atoms with Gasteiger partial charge in [0.1, 0.15) is 0 Å². The van der Waals surface area contributed by atoms with E-state index in [9.17, 15) is 9.90 Å². The van der Waals surface area contributed by atoms with E-state index >= 15 is 0 Å². The number of morpholine rings is 1. The summed E-state index contributed by atoms with van der Waals surface area (Å²) in [4.78, 5) is 14.0. The lowest BCUT2D eigenvalue weighted by Gasteiger charge is -2.71. The van der Waals surface area contributed by atoms with Crippen molar-refractivity contribution in [1.82, 2.24) is 10.2 Å². The van der Waals surface area contributed by atoms with E-state index in [4.69, 9.17) is 4.74 Å². The summed E-state index contributed by atoms with van der Waals surface area (Å²) in [7, 11) is 0. The van der Waals surface area contributed by atoms with Crippen LogP contribution in [0.25, 0.3) is 0 Å². The standard InChI is InChI=1S/C38H62N2O3/c1-6-8-28(10-13-34(41)42)29-14-17-35(3)30(27(29)2)15-18-37(5)33(35)12-11-31-32-9-7-16-38(32,20-19-36(31,37)4)39-21-22-40-23-25-43-26-24-40/h8,14,27,30-33,39H,6-7,9-13,15-26H2,1-5H3,(H,41,42)/b28-8+/t27?,30?,31?,32-,33?,35?,36-,37?,38?/m1/s1. The maximum absolute atomic E-state index is 11.4. The van der Waals surface area contributed by atoms with Crippen molar-refractivity contribution < 1.29 is 14.6 Å². The maximum atomic E-state index is 11.4. The average molecular weight is 595 g/mol. The number of allylic oxidation sites excluding steroid dienone is 4. The van der Waals surface area contributed by atoms with E-state index in [2.05, 4.69) is 57.0 Å². The third-order valence-electron chi connectivity index (χ3n) is 15.0. The van der Waals surface area contributed by atoms with Gasteiger partial charge < -0.3 is 15.2 Å². The molecular weight excluding hydrogens is 532 g/mol. The Labute approximate surface area is 262 Å². The second-order valence-corrected chi connectivity index (χ2v) is 16.4. The van der Waals surface area contributed by atoms with Crippen molar-refractivity contribution >= 4 is 5.97 Å². The Hall–Kier alpha value is -1.17. The molecule has 0 aromatic rings. The minimum atomic E-state index is -0.680. The Balaban J connectivity index is 1.20. The molecule has 0 amide bonds. The van der Waals surface area contributed by atoms with Gasteiger partial charge in [-0.1, -0.05) is 53.2 Å². The van der Waals surface area contributed by atoms with Gasteiger partial charge in [0.15, 0.2) is 0 Å². The summed E-state index contributed by atoms with van der Waals surface area (Å²) in [6, 6.07) is 0. The average Bonchev–Trinajstić information content (AvgIpc) is 3.40. The third-order valence-corrected chi connectivity index (χ3v) is 15.0. The van der Waals surface area contributed by atoms with Crippen molar-refractivity contribution in [3.63, 3.8) is 0 Å². The zero-order valence-corrected chi connectivity index (χ0v) is 28.2. The number of ether oxygens (including phenoxy) is 1. The van der Waals surface area contributed by atoms with Crippen LogP contribution in [0.3, 0.4) is 0 Å². The first-order chi connectivity index (χ1) is 20.6. The molecule has 5 nitrogen and oxygen atoms in total. The fourth-order valence-corrected chi connectivity index (χ4v) is 12.7. The molecule has 0 aromatic heterocycles. The van der Waals surface area contributed by atoms with Gasteiger partial charge in [-0.25, -0.2) is 0 Å². The molecule has 1 aliphatic heterocycles. The van der Waals surface area contributed by atoms with Crippen LogP contribution in [0, 0.1) is 45.8 Å². The van der Waals surface area contributed by atoms with E-state index < -0.39 is 5.97 Å². The van der Waals surface area contributed by atoms with Crippen LogP contribution in [-0.2, 0) is 9.53 Å². The van der Waals surface area contributed by atoms with Crippen LogP contribution >= 0.6 is 0 Å². The minimum Gasteiger partial charge on any atom is -0.481 e. The van der Waals surface area contributed by atoms with Gasteiger partial charge in [0.25, 0.3) is 0 Å². The number of carboxylic acid groups (broad SMARTS) is 1.